The van der Waals surface area contributed by atoms with E-state index in [-0.39, 0.29) is 0 Å². The second kappa shape index (κ2) is 4.86. The summed E-state index contributed by atoms with van der Waals surface area (Å²) < 4.78 is 1.02. The number of nitrogens with zero attached hydrogens (tertiary/aromatic N) is 2. The van der Waals surface area contributed by atoms with Crippen molar-refractivity contribution in [2.24, 2.45) is 0 Å². The summed E-state index contributed by atoms with van der Waals surface area (Å²) in [7, 11) is 0. The van der Waals surface area contributed by atoms with E-state index >= 15 is 0 Å². The van der Waals surface area contributed by atoms with Gasteiger partial charge in [-0.3, -0.25) is 0 Å². The zero-order chi connectivity index (χ0) is 11.5. The van der Waals surface area contributed by atoms with Crippen molar-refractivity contribution >= 4 is 21.6 Å². The summed E-state index contributed by atoms with van der Waals surface area (Å²) in [5, 5.41) is 12.5. The smallest absolute Gasteiger partial charge is 0.101 e. The van der Waals surface area contributed by atoms with Gasteiger partial charge in [0.05, 0.1) is 11.3 Å². The fraction of sp³-hybridized carbons (Fsp3) is 0.417. The standard InChI is InChI=1S/C12H14BrN3/c1-9-8-16(5-4-15-9)12-6-11(13)3-2-10(12)7-14/h2-3,6,9,15H,4-5,8H2,1H3. The van der Waals surface area contributed by atoms with Gasteiger partial charge in [-0.05, 0) is 25.1 Å². The van der Waals surface area contributed by atoms with Crippen LogP contribution in [-0.2, 0) is 0 Å². The van der Waals surface area contributed by atoms with Crippen molar-refractivity contribution in [1.82, 2.24) is 5.32 Å². The van der Waals surface area contributed by atoms with Gasteiger partial charge in [-0.15, -0.1) is 0 Å². The number of rotatable bonds is 1. The Morgan fingerprint density at radius 3 is 3.06 bits per heavy atom. The van der Waals surface area contributed by atoms with E-state index in [0.29, 0.717) is 6.04 Å². The molecule has 1 aromatic carbocycles. The summed E-state index contributed by atoms with van der Waals surface area (Å²) >= 11 is 3.46. The van der Waals surface area contributed by atoms with E-state index in [2.05, 4.69) is 39.1 Å². The highest BCUT2D eigenvalue weighted by molar-refractivity contribution is 9.10. The largest absolute Gasteiger partial charge is 0.368 e. The number of anilines is 1. The first-order valence-electron chi connectivity index (χ1n) is 5.38. The maximum absolute atomic E-state index is 9.10. The summed E-state index contributed by atoms with van der Waals surface area (Å²) in [4.78, 5) is 2.27. The number of nitrogens with one attached hydrogen (secondary N) is 1. The van der Waals surface area contributed by atoms with Crippen molar-refractivity contribution in [1.29, 1.82) is 5.26 Å². The van der Waals surface area contributed by atoms with Crippen molar-refractivity contribution < 1.29 is 0 Å². The maximum Gasteiger partial charge on any atom is 0.101 e. The van der Waals surface area contributed by atoms with E-state index in [4.69, 9.17) is 5.26 Å². The quantitative estimate of drug-likeness (QED) is 0.856. The van der Waals surface area contributed by atoms with Crippen molar-refractivity contribution in [2.45, 2.75) is 13.0 Å². The molecule has 1 unspecified atom stereocenters. The molecule has 1 aliphatic heterocycles. The fourth-order valence-corrected chi connectivity index (χ4v) is 2.36. The maximum atomic E-state index is 9.10. The molecular weight excluding hydrogens is 266 g/mol. The van der Waals surface area contributed by atoms with Crippen LogP contribution in [0.4, 0.5) is 5.69 Å². The normalized spacial score (nSPS) is 20.6. The summed E-state index contributed by atoms with van der Waals surface area (Å²) in [5.41, 5.74) is 1.78. The molecule has 0 bridgehead atoms. The van der Waals surface area contributed by atoms with Gasteiger partial charge in [0, 0.05) is 30.1 Å². The predicted octanol–water partition coefficient (Wildman–Crippen LogP) is 2.12. The summed E-state index contributed by atoms with van der Waals surface area (Å²) in [6.45, 7) is 5.04. The van der Waals surface area contributed by atoms with Crippen LogP contribution in [0.15, 0.2) is 22.7 Å². The average Bonchev–Trinajstić information content (AvgIpc) is 2.29. The van der Waals surface area contributed by atoms with Crippen molar-refractivity contribution in [3.63, 3.8) is 0 Å². The Balaban J connectivity index is 2.31. The third-order valence-electron chi connectivity index (χ3n) is 2.79. The van der Waals surface area contributed by atoms with Crippen molar-refractivity contribution in [3.05, 3.63) is 28.2 Å². The fourth-order valence-electron chi connectivity index (χ4n) is 2.01. The van der Waals surface area contributed by atoms with Gasteiger partial charge in [0.2, 0.25) is 0 Å². The first-order valence-corrected chi connectivity index (χ1v) is 6.18. The van der Waals surface area contributed by atoms with E-state index in [9.17, 15) is 0 Å². The molecule has 2 rings (SSSR count). The van der Waals surface area contributed by atoms with Crippen LogP contribution in [0.25, 0.3) is 0 Å². The number of piperazine rings is 1. The zero-order valence-electron chi connectivity index (χ0n) is 9.20. The van der Waals surface area contributed by atoms with Crippen LogP contribution < -0.4 is 10.2 Å². The third-order valence-corrected chi connectivity index (χ3v) is 3.28. The van der Waals surface area contributed by atoms with Gasteiger partial charge in [0.15, 0.2) is 0 Å². The third kappa shape index (κ3) is 2.37. The molecule has 4 heteroatoms. The predicted molar refractivity (Wildman–Crippen MR) is 68.5 cm³/mol. The van der Waals surface area contributed by atoms with Gasteiger partial charge in [0.1, 0.15) is 6.07 Å². The number of hydrogen-bond acceptors (Lipinski definition) is 3. The molecular formula is C12H14BrN3. The Bertz CT molecular complexity index is 425. The molecule has 1 saturated heterocycles. The second-order valence-electron chi connectivity index (χ2n) is 4.07. The van der Waals surface area contributed by atoms with E-state index in [1.165, 1.54) is 0 Å². The summed E-state index contributed by atoms with van der Waals surface area (Å²) in [6.07, 6.45) is 0. The Hall–Kier alpha value is -1.05. The van der Waals surface area contributed by atoms with Gasteiger partial charge >= 0.3 is 0 Å². The molecule has 0 radical (unpaired) electrons. The minimum atomic E-state index is 0.472. The second-order valence-corrected chi connectivity index (χ2v) is 4.99. The number of benzene rings is 1. The minimum Gasteiger partial charge on any atom is -0.368 e. The first kappa shape index (κ1) is 11.4. The lowest BCUT2D eigenvalue weighted by atomic mass is 10.1. The Kier molecular flexibility index (Phi) is 3.47. The number of nitriles is 1. The highest BCUT2D eigenvalue weighted by atomic mass is 79.9. The Labute approximate surface area is 104 Å². The average molecular weight is 280 g/mol. The van der Waals surface area contributed by atoms with E-state index in [1.54, 1.807) is 0 Å². The molecule has 84 valence electrons. The Morgan fingerprint density at radius 1 is 1.56 bits per heavy atom. The molecule has 16 heavy (non-hydrogen) atoms. The van der Waals surface area contributed by atoms with Crippen LogP contribution >= 0.6 is 15.9 Å². The van der Waals surface area contributed by atoms with Crippen LogP contribution in [0.5, 0.6) is 0 Å². The van der Waals surface area contributed by atoms with Gasteiger partial charge in [-0.25, -0.2) is 0 Å². The molecule has 0 amide bonds. The van der Waals surface area contributed by atoms with Crippen LogP contribution in [0.3, 0.4) is 0 Å². The molecule has 0 saturated carbocycles. The van der Waals surface area contributed by atoms with Crippen LogP contribution in [0.1, 0.15) is 12.5 Å². The summed E-state index contributed by atoms with van der Waals surface area (Å²) in [6, 6.07) is 8.53. The molecule has 0 aromatic heterocycles. The van der Waals surface area contributed by atoms with E-state index in [1.807, 2.05) is 18.2 Å². The molecule has 1 fully saturated rings. The van der Waals surface area contributed by atoms with Gasteiger partial charge in [-0.1, -0.05) is 15.9 Å². The van der Waals surface area contributed by atoms with Crippen LogP contribution in [0.2, 0.25) is 0 Å². The minimum absolute atomic E-state index is 0.472. The molecule has 0 spiro atoms. The van der Waals surface area contributed by atoms with Crippen LogP contribution in [0, 0.1) is 11.3 Å². The number of hydrogen-bond donors (Lipinski definition) is 1. The van der Waals surface area contributed by atoms with Gasteiger partial charge in [0.25, 0.3) is 0 Å². The van der Waals surface area contributed by atoms with Crippen molar-refractivity contribution in [3.8, 4) is 6.07 Å². The molecule has 1 aliphatic rings. The zero-order valence-corrected chi connectivity index (χ0v) is 10.8. The first-order chi connectivity index (χ1) is 7.70. The molecule has 1 N–H and O–H groups in total. The van der Waals surface area contributed by atoms with Gasteiger partial charge < -0.3 is 10.2 Å². The lowest BCUT2D eigenvalue weighted by molar-refractivity contribution is 0.484. The molecule has 3 nitrogen and oxygen atoms in total. The molecule has 0 aliphatic carbocycles. The monoisotopic (exact) mass is 279 g/mol. The highest BCUT2D eigenvalue weighted by Gasteiger charge is 2.18. The lowest BCUT2D eigenvalue weighted by Crippen LogP contribution is -2.49. The van der Waals surface area contributed by atoms with E-state index in [0.717, 1.165) is 35.4 Å². The lowest BCUT2D eigenvalue weighted by Gasteiger charge is -2.34. The molecule has 1 heterocycles. The van der Waals surface area contributed by atoms with E-state index < -0.39 is 0 Å². The number of halogens is 1. The van der Waals surface area contributed by atoms with Gasteiger partial charge in [-0.2, -0.15) is 5.26 Å². The SMILES string of the molecule is CC1CN(c2cc(Br)ccc2C#N)CCN1. The highest BCUT2D eigenvalue weighted by Crippen LogP contribution is 2.25. The molecule has 1 aromatic rings. The Morgan fingerprint density at radius 2 is 2.38 bits per heavy atom. The van der Waals surface area contributed by atoms with Crippen molar-refractivity contribution in [2.75, 3.05) is 24.5 Å². The summed E-state index contributed by atoms with van der Waals surface area (Å²) in [5.74, 6) is 0. The topological polar surface area (TPSA) is 39.1 Å². The van der Waals surface area contributed by atoms with Crippen LogP contribution in [-0.4, -0.2) is 25.7 Å². The molecule has 1 atom stereocenters.